The highest BCUT2D eigenvalue weighted by Gasteiger charge is 2.03. The van der Waals surface area contributed by atoms with Gasteiger partial charge in [-0.15, -0.1) is 0 Å². The van der Waals surface area contributed by atoms with Crippen molar-refractivity contribution in [2.24, 2.45) is 5.73 Å². The van der Waals surface area contributed by atoms with Crippen molar-refractivity contribution in [2.45, 2.75) is 13.0 Å². The van der Waals surface area contributed by atoms with Crippen molar-refractivity contribution in [3.05, 3.63) is 18.0 Å². The number of hydrogen-bond donors (Lipinski definition) is 1. The first kappa shape index (κ1) is 11.9. The second kappa shape index (κ2) is 6.31. The summed E-state index contributed by atoms with van der Waals surface area (Å²) in [6, 6.07) is 1.83. The molecule has 1 aromatic heterocycles. The molecule has 0 radical (unpaired) electrons. The van der Waals surface area contributed by atoms with Crippen LogP contribution in [-0.4, -0.2) is 37.3 Å². The van der Waals surface area contributed by atoms with E-state index in [1.54, 1.807) is 13.3 Å². The Morgan fingerprint density at radius 2 is 2.33 bits per heavy atom. The van der Waals surface area contributed by atoms with Crippen molar-refractivity contribution >= 4 is 5.95 Å². The molecule has 0 unspecified atom stereocenters. The van der Waals surface area contributed by atoms with E-state index in [1.165, 1.54) is 0 Å². The molecule has 84 valence electrons. The summed E-state index contributed by atoms with van der Waals surface area (Å²) in [7, 11) is 3.66. The minimum atomic E-state index is 0.446. The molecule has 0 bridgehead atoms. The molecule has 0 saturated carbocycles. The van der Waals surface area contributed by atoms with Gasteiger partial charge >= 0.3 is 0 Å². The second-order valence-corrected chi connectivity index (χ2v) is 3.32. The van der Waals surface area contributed by atoms with Gasteiger partial charge in [0.15, 0.2) is 0 Å². The van der Waals surface area contributed by atoms with Gasteiger partial charge in [0.05, 0.1) is 5.69 Å². The summed E-state index contributed by atoms with van der Waals surface area (Å²) >= 11 is 0. The Kier molecular flexibility index (Phi) is 5.00. The summed E-state index contributed by atoms with van der Waals surface area (Å²) < 4.78 is 4.99. The third-order valence-electron chi connectivity index (χ3n) is 2.09. The maximum Gasteiger partial charge on any atom is 0.225 e. The SMILES string of the molecule is COCCCN(C)c1nccc(CN)n1. The van der Waals surface area contributed by atoms with Crippen LogP contribution in [0.2, 0.25) is 0 Å². The molecule has 0 aromatic carbocycles. The van der Waals surface area contributed by atoms with E-state index < -0.39 is 0 Å². The molecule has 0 saturated heterocycles. The highest BCUT2D eigenvalue weighted by atomic mass is 16.5. The maximum atomic E-state index is 5.51. The molecule has 5 nitrogen and oxygen atoms in total. The summed E-state index contributed by atoms with van der Waals surface area (Å²) in [6.45, 7) is 2.07. The second-order valence-electron chi connectivity index (χ2n) is 3.32. The molecule has 0 spiro atoms. The van der Waals surface area contributed by atoms with Crippen LogP contribution in [-0.2, 0) is 11.3 Å². The quantitative estimate of drug-likeness (QED) is 0.689. The largest absolute Gasteiger partial charge is 0.385 e. The number of anilines is 1. The highest BCUT2D eigenvalue weighted by molar-refractivity contribution is 5.28. The van der Waals surface area contributed by atoms with Crippen molar-refractivity contribution in [1.29, 1.82) is 0 Å². The first-order chi connectivity index (χ1) is 7.27. The molecule has 2 N–H and O–H groups in total. The van der Waals surface area contributed by atoms with Gasteiger partial charge in [0.25, 0.3) is 0 Å². The molecule has 1 aromatic rings. The summed E-state index contributed by atoms with van der Waals surface area (Å²) in [5, 5.41) is 0. The van der Waals surface area contributed by atoms with Gasteiger partial charge in [0.2, 0.25) is 5.95 Å². The van der Waals surface area contributed by atoms with Crippen molar-refractivity contribution in [2.75, 3.05) is 32.2 Å². The van der Waals surface area contributed by atoms with Crippen LogP contribution < -0.4 is 10.6 Å². The zero-order valence-corrected chi connectivity index (χ0v) is 9.31. The first-order valence-electron chi connectivity index (χ1n) is 5.00. The fourth-order valence-corrected chi connectivity index (χ4v) is 1.23. The lowest BCUT2D eigenvalue weighted by atomic mass is 10.4. The topological polar surface area (TPSA) is 64.3 Å². The molecule has 0 aliphatic heterocycles. The van der Waals surface area contributed by atoms with E-state index in [0.29, 0.717) is 12.5 Å². The highest BCUT2D eigenvalue weighted by Crippen LogP contribution is 2.05. The Labute approximate surface area is 90.3 Å². The summed E-state index contributed by atoms with van der Waals surface area (Å²) in [4.78, 5) is 10.5. The number of rotatable bonds is 6. The summed E-state index contributed by atoms with van der Waals surface area (Å²) in [5.74, 6) is 0.717. The summed E-state index contributed by atoms with van der Waals surface area (Å²) in [6.07, 6.45) is 2.70. The van der Waals surface area contributed by atoms with Gasteiger partial charge in [-0.05, 0) is 12.5 Å². The van der Waals surface area contributed by atoms with Crippen LogP contribution in [0.15, 0.2) is 12.3 Å². The van der Waals surface area contributed by atoms with E-state index in [-0.39, 0.29) is 0 Å². The number of nitrogens with two attached hydrogens (primary N) is 1. The number of hydrogen-bond acceptors (Lipinski definition) is 5. The van der Waals surface area contributed by atoms with Crippen LogP contribution in [0.25, 0.3) is 0 Å². The van der Waals surface area contributed by atoms with Crippen LogP contribution in [0.4, 0.5) is 5.95 Å². The molecule has 15 heavy (non-hydrogen) atoms. The fraction of sp³-hybridized carbons (Fsp3) is 0.600. The molecule has 0 aliphatic rings. The molecular formula is C10H18N4O. The Balaban J connectivity index is 2.52. The average Bonchev–Trinajstić information content (AvgIpc) is 2.29. The van der Waals surface area contributed by atoms with Crippen LogP contribution in [0, 0.1) is 0 Å². The van der Waals surface area contributed by atoms with Gasteiger partial charge in [-0.1, -0.05) is 0 Å². The van der Waals surface area contributed by atoms with Crippen molar-refractivity contribution in [1.82, 2.24) is 9.97 Å². The molecule has 1 rings (SSSR count). The smallest absolute Gasteiger partial charge is 0.225 e. The van der Waals surface area contributed by atoms with Crippen LogP contribution in [0.3, 0.4) is 0 Å². The number of aromatic nitrogens is 2. The zero-order valence-electron chi connectivity index (χ0n) is 9.31. The summed E-state index contributed by atoms with van der Waals surface area (Å²) in [5.41, 5.74) is 6.37. The molecule has 5 heteroatoms. The molecule has 0 atom stereocenters. The van der Waals surface area contributed by atoms with E-state index in [0.717, 1.165) is 25.3 Å². The van der Waals surface area contributed by atoms with Crippen LogP contribution in [0.1, 0.15) is 12.1 Å². The maximum absolute atomic E-state index is 5.51. The molecule has 1 heterocycles. The van der Waals surface area contributed by atoms with Gasteiger partial charge in [0.1, 0.15) is 0 Å². The van der Waals surface area contributed by atoms with Gasteiger partial charge in [-0.2, -0.15) is 0 Å². The standard InChI is InChI=1S/C10H18N4O/c1-14(6-3-7-15-2)10-12-5-4-9(8-11)13-10/h4-5H,3,6-8,11H2,1-2H3. The van der Waals surface area contributed by atoms with E-state index in [1.807, 2.05) is 18.0 Å². The van der Waals surface area contributed by atoms with Gasteiger partial charge in [0, 0.05) is 40.1 Å². The van der Waals surface area contributed by atoms with Crippen LogP contribution >= 0.6 is 0 Å². The lowest BCUT2D eigenvalue weighted by Gasteiger charge is -2.16. The van der Waals surface area contributed by atoms with Gasteiger partial charge < -0.3 is 15.4 Å². The number of nitrogens with zero attached hydrogens (tertiary/aromatic N) is 3. The van der Waals surface area contributed by atoms with Gasteiger partial charge in [-0.3, -0.25) is 0 Å². The Morgan fingerprint density at radius 1 is 1.53 bits per heavy atom. The minimum Gasteiger partial charge on any atom is -0.385 e. The van der Waals surface area contributed by atoms with E-state index in [2.05, 4.69) is 9.97 Å². The third-order valence-corrected chi connectivity index (χ3v) is 2.09. The number of methoxy groups -OCH3 is 1. The molecule has 0 amide bonds. The Bertz CT molecular complexity index is 293. The predicted molar refractivity (Wildman–Crippen MR) is 59.7 cm³/mol. The molecule has 0 aliphatic carbocycles. The van der Waals surface area contributed by atoms with Crippen LogP contribution in [0.5, 0.6) is 0 Å². The number of ether oxygens (including phenoxy) is 1. The van der Waals surface area contributed by atoms with Crippen molar-refractivity contribution < 1.29 is 4.74 Å². The molecule has 0 fully saturated rings. The zero-order chi connectivity index (χ0) is 11.1. The van der Waals surface area contributed by atoms with E-state index in [4.69, 9.17) is 10.5 Å². The molecular weight excluding hydrogens is 192 g/mol. The first-order valence-corrected chi connectivity index (χ1v) is 5.00. The fourth-order valence-electron chi connectivity index (χ4n) is 1.23. The Hall–Kier alpha value is -1.20. The van der Waals surface area contributed by atoms with Crippen molar-refractivity contribution in [3.8, 4) is 0 Å². The average molecular weight is 210 g/mol. The van der Waals surface area contributed by atoms with Crippen molar-refractivity contribution in [3.63, 3.8) is 0 Å². The van der Waals surface area contributed by atoms with Gasteiger partial charge in [-0.25, -0.2) is 9.97 Å². The monoisotopic (exact) mass is 210 g/mol. The lowest BCUT2D eigenvalue weighted by molar-refractivity contribution is 0.196. The normalized spacial score (nSPS) is 10.3. The Morgan fingerprint density at radius 3 is 3.00 bits per heavy atom. The third kappa shape index (κ3) is 3.81. The van der Waals surface area contributed by atoms with E-state index >= 15 is 0 Å². The van der Waals surface area contributed by atoms with E-state index in [9.17, 15) is 0 Å². The minimum absolute atomic E-state index is 0.446. The lowest BCUT2D eigenvalue weighted by Crippen LogP contribution is -2.22. The predicted octanol–water partition coefficient (Wildman–Crippen LogP) is 0.408.